The lowest BCUT2D eigenvalue weighted by Gasteiger charge is -2.34. The maximum atomic E-state index is 9.75. The number of nitrogens with zero attached hydrogens (tertiary/aromatic N) is 3. The van der Waals surface area contributed by atoms with Crippen molar-refractivity contribution in [3.8, 4) is 11.3 Å². The van der Waals surface area contributed by atoms with E-state index in [1.807, 2.05) is 0 Å². The Morgan fingerprint density at radius 3 is 2.27 bits per heavy atom. The summed E-state index contributed by atoms with van der Waals surface area (Å²) in [5.41, 5.74) is 2.61. The van der Waals surface area contributed by atoms with Crippen LogP contribution < -0.4 is 9.58 Å². The van der Waals surface area contributed by atoms with Crippen LogP contribution in [-0.2, 0) is 13.6 Å². The highest BCUT2D eigenvalue weighted by atomic mass is 19.5. The van der Waals surface area contributed by atoms with E-state index in [0.717, 1.165) is 6.54 Å². The van der Waals surface area contributed by atoms with Gasteiger partial charge >= 0.3 is 7.25 Å². The largest absolute Gasteiger partial charge is 0.673 e. The van der Waals surface area contributed by atoms with Gasteiger partial charge in [0.15, 0.2) is 12.4 Å². The topological polar surface area (TPSA) is 12.1 Å². The SMILES string of the molecule is CC[n+]1c(-c2ccccc2)cc(N2CCCCC2C)n1C.F[B-](F)(F)F. The number of rotatable bonds is 3. The van der Waals surface area contributed by atoms with Gasteiger partial charge in [0.05, 0.1) is 13.1 Å². The Morgan fingerprint density at radius 1 is 1.12 bits per heavy atom. The van der Waals surface area contributed by atoms with Crippen molar-refractivity contribution in [1.29, 1.82) is 0 Å². The standard InChI is InChI=1S/C18H26N3.BF4/c1-4-21-17(16-11-6-5-7-12-16)14-18(19(21)3)20-13-9-8-10-15(20)2;2-1(3,4)5/h5-7,11-12,14-15H,4,8-10,13H2,1-3H3;/q+1;-1. The zero-order valence-corrected chi connectivity index (χ0v) is 15.5. The molecule has 1 aromatic carbocycles. The van der Waals surface area contributed by atoms with Gasteiger partial charge in [0, 0.05) is 18.2 Å². The van der Waals surface area contributed by atoms with E-state index in [2.05, 4.69) is 71.6 Å². The van der Waals surface area contributed by atoms with Gasteiger partial charge in [0.2, 0.25) is 5.69 Å². The summed E-state index contributed by atoms with van der Waals surface area (Å²) in [4.78, 5) is 2.57. The zero-order chi connectivity index (χ0) is 19.3. The predicted molar refractivity (Wildman–Crippen MR) is 97.6 cm³/mol. The molecular weight excluding hydrogens is 345 g/mol. The van der Waals surface area contributed by atoms with Crippen molar-refractivity contribution < 1.29 is 21.9 Å². The van der Waals surface area contributed by atoms with Crippen molar-refractivity contribution in [1.82, 2.24) is 4.68 Å². The highest BCUT2D eigenvalue weighted by molar-refractivity contribution is 6.50. The van der Waals surface area contributed by atoms with Gasteiger partial charge in [-0.25, -0.2) is 0 Å². The van der Waals surface area contributed by atoms with Crippen LogP contribution in [-0.4, -0.2) is 24.5 Å². The molecule has 26 heavy (non-hydrogen) atoms. The summed E-state index contributed by atoms with van der Waals surface area (Å²) in [6.45, 7) is 6.74. The Morgan fingerprint density at radius 2 is 1.73 bits per heavy atom. The van der Waals surface area contributed by atoms with E-state index in [4.69, 9.17) is 0 Å². The van der Waals surface area contributed by atoms with E-state index in [-0.39, 0.29) is 0 Å². The monoisotopic (exact) mass is 371 g/mol. The summed E-state index contributed by atoms with van der Waals surface area (Å²) in [7, 11) is -3.81. The number of hydrogen-bond donors (Lipinski definition) is 0. The number of halogens is 4. The lowest BCUT2D eigenvalue weighted by molar-refractivity contribution is -0.759. The summed E-state index contributed by atoms with van der Waals surface area (Å²) in [6.07, 6.45) is 3.97. The van der Waals surface area contributed by atoms with Gasteiger partial charge in [-0.05, 0) is 45.2 Å². The van der Waals surface area contributed by atoms with Gasteiger partial charge < -0.3 is 22.2 Å². The molecule has 0 radical (unpaired) electrons. The number of hydrogen-bond acceptors (Lipinski definition) is 1. The minimum atomic E-state index is -6.00. The first-order chi connectivity index (χ1) is 12.2. The van der Waals surface area contributed by atoms with Gasteiger partial charge in [-0.1, -0.05) is 18.2 Å². The zero-order valence-electron chi connectivity index (χ0n) is 15.5. The van der Waals surface area contributed by atoms with Crippen LogP contribution in [0.2, 0.25) is 0 Å². The van der Waals surface area contributed by atoms with E-state index < -0.39 is 7.25 Å². The molecule has 1 unspecified atom stereocenters. The van der Waals surface area contributed by atoms with Gasteiger partial charge in [-0.2, -0.15) is 0 Å². The van der Waals surface area contributed by atoms with Crippen LogP contribution >= 0.6 is 0 Å². The molecule has 0 saturated carbocycles. The van der Waals surface area contributed by atoms with Crippen LogP contribution in [0.3, 0.4) is 0 Å². The van der Waals surface area contributed by atoms with Gasteiger partial charge in [0.1, 0.15) is 0 Å². The van der Waals surface area contributed by atoms with Crippen LogP contribution in [0.25, 0.3) is 11.3 Å². The molecule has 0 aliphatic carbocycles. The second-order valence-electron chi connectivity index (χ2n) is 6.53. The van der Waals surface area contributed by atoms with Crippen molar-refractivity contribution in [2.45, 2.75) is 45.7 Å². The van der Waals surface area contributed by atoms with Crippen LogP contribution in [0.4, 0.5) is 23.1 Å². The first kappa shape index (κ1) is 20.3. The Labute approximate surface area is 152 Å². The molecule has 2 aromatic rings. The molecule has 0 bridgehead atoms. The molecular formula is C18H26BF4N3. The quantitative estimate of drug-likeness (QED) is 0.434. The first-order valence-corrected chi connectivity index (χ1v) is 9.01. The van der Waals surface area contributed by atoms with Crippen molar-refractivity contribution in [3.05, 3.63) is 36.4 Å². The highest BCUT2D eigenvalue weighted by Crippen LogP contribution is 2.27. The van der Waals surface area contributed by atoms with Crippen LogP contribution in [0.15, 0.2) is 36.4 Å². The van der Waals surface area contributed by atoms with Crippen molar-refractivity contribution in [3.63, 3.8) is 0 Å². The van der Waals surface area contributed by atoms with Crippen molar-refractivity contribution in [2.75, 3.05) is 11.4 Å². The smallest absolute Gasteiger partial charge is 0.418 e. The summed E-state index contributed by atoms with van der Waals surface area (Å²) < 4.78 is 43.7. The Kier molecular flexibility index (Phi) is 6.72. The average Bonchev–Trinajstić information content (AvgIpc) is 2.91. The molecule has 1 fully saturated rings. The molecule has 2 heterocycles. The molecule has 1 aliphatic rings. The fourth-order valence-electron chi connectivity index (χ4n) is 3.51. The fourth-order valence-corrected chi connectivity index (χ4v) is 3.51. The molecule has 8 heteroatoms. The average molecular weight is 371 g/mol. The minimum Gasteiger partial charge on any atom is -0.418 e. The third-order valence-electron chi connectivity index (χ3n) is 4.70. The Balaban J connectivity index is 0.000000431. The number of anilines is 1. The maximum absolute atomic E-state index is 9.75. The number of aromatic nitrogens is 2. The van der Waals surface area contributed by atoms with Crippen molar-refractivity contribution in [2.24, 2.45) is 7.05 Å². The lowest BCUT2D eigenvalue weighted by Crippen LogP contribution is -2.45. The van der Waals surface area contributed by atoms with E-state index in [0.29, 0.717) is 6.04 Å². The first-order valence-electron chi connectivity index (χ1n) is 9.01. The summed E-state index contributed by atoms with van der Waals surface area (Å²) in [5, 5.41) is 0. The molecule has 1 saturated heterocycles. The molecule has 1 aliphatic heterocycles. The minimum absolute atomic E-state index is 0.640. The number of piperidine rings is 1. The summed E-state index contributed by atoms with van der Waals surface area (Å²) in [6, 6.07) is 13.7. The van der Waals surface area contributed by atoms with E-state index in [1.54, 1.807) is 0 Å². The van der Waals surface area contributed by atoms with Crippen LogP contribution in [0.1, 0.15) is 33.1 Å². The summed E-state index contributed by atoms with van der Waals surface area (Å²) in [5.74, 6) is 1.35. The molecule has 0 N–H and O–H groups in total. The maximum Gasteiger partial charge on any atom is 0.673 e. The molecule has 3 nitrogen and oxygen atoms in total. The summed E-state index contributed by atoms with van der Waals surface area (Å²) >= 11 is 0. The van der Waals surface area contributed by atoms with E-state index in [9.17, 15) is 17.3 Å². The molecule has 0 spiro atoms. The van der Waals surface area contributed by atoms with Crippen LogP contribution in [0, 0.1) is 0 Å². The van der Waals surface area contributed by atoms with Gasteiger partial charge in [-0.3, -0.25) is 0 Å². The third-order valence-corrected chi connectivity index (χ3v) is 4.70. The van der Waals surface area contributed by atoms with Crippen LogP contribution in [0.5, 0.6) is 0 Å². The lowest BCUT2D eigenvalue weighted by atomic mass is 10.0. The molecule has 3 rings (SSSR count). The molecule has 144 valence electrons. The molecule has 1 atom stereocenters. The molecule has 1 aromatic heterocycles. The molecule has 0 amide bonds. The van der Waals surface area contributed by atoms with Crippen molar-refractivity contribution >= 4 is 13.1 Å². The van der Waals surface area contributed by atoms with Gasteiger partial charge in [-0.15, -0.1) is 9.36 Å². The fraction of sp³-hybridized carbons (Fsp3) is 0.500. The number of benzene rings is 1. The highest BCUT2D eigenvalue weighted by Gasteiger charge is 2.28. The Bertz CT molecular complexity index is 694. The van der Waals surface area contributed by atoms with E-state index >= 15 is 0 Å². The predicted octanol–water partition coefficient (Wildman–Crippen LogP) is 4.68. The van der Waals surface area contributed by atoms with Gasteiger partial charge in [0.25, 0.3) is 0 Å². The van der Waals surface area contributed by atoms with E-state index in [1.165, 1.54) is 42.9 Å². The third kappa shape index (κ3) is 5.25. The second-order valence-corrected chi connectivity index (χ2v) is 6.53. The Hall–Kier alpha value is -1.99. The normalized spacial score (nSPS) is 17.7. The second kappa shape index (κ2) is 8.60.